The van der Waals surface area contributed by atoms with E-state index in [0.717, 1.165) is 6.42 Å². The van der Waals surface area contributed by atoms with Crippen LogP contribution < -0.4 is 11.3 Å². The Balaban J connectivity index is 1.96. The molecule has 0 bridgehead atoms. The van der Waals surface area contributed by atoms with E-state index < -0.39 is 0 Å². The fourth-order valence-corrected chi connectivity index (χ4v) is 3.48. The van der Waals surface area contributed by atoms with Gasteiger partial charge in [-0.05, 0) is 60.5 Å². The first kappa shape index (κ1) is 16.5. The highest BCUT2D eigenvalue weighted by atomic mass is 15.2. The van der Waals surface area contributed by atoms with Crippen molar-refractivity contribution in [1.82, 2.24) is 5.43 Å². The summed E-state index contributed by atoms with van der Waals surface area (Å²) in [5.74, 6) is 7.16. The lowest BCUT2D eigenvalue weighted by Crippen LogP contribution is -2.44. The van der Waals surface area contributed by atoms with Gasteiger partial charge in [-0.2, -0.15) is 0 Å². The van der Waals surface area contributed by atoms with Crippen molar-refractivity contribution in [2.45, 2.75) is 71.8 Å². The Bertz CT molecular complexity index is 423. The minimum Gasteiger partial charge on any atom is -0.271 e. The number of hydrogen-bond acceptors (Lipinski definition) is 2. The van der Waals surface area contributed by atoms with Crippen LogP contribution in [0.25, 0.3) is 0 Å². The van der Waals surface area contributed by atoms with Gasteiger partial charge < -0.3 is 0 Å². The van der Waals surface area contributed by atoms with E-state index in [2.05, 4.69) is 57.4 Å². The van der Waals surface area contributed by atoms with Gasteiger partial charge in [-0.15, -0.1) is 0 Å². The van der Waals surface area contributed by atoms with E-state index in [4.69, 9.17) is 5.84 Å². The predicted molar refractivity (Wildman–Crippen MR) is 91.1 cm³/mol. The maximum Gasteiger partial charge on any atom is 0.0279 e. The Labute approximate surface area is 130 Å². The second-order valence-electron chi connectivity index (χ2n) is 7.88. The van der Waals surface area contributed by atoms with Gasteiger partial charge in [-0.3, -0.25) is 11.3 Å². The van der Waals surface area contributed by atoms with Crippen LogP contribution in [-0.4, -0.2) is 6.04 Å². The van der Waals surface area contributed by atoms with Crippen LogP contribution in [0.4, 0.5) is 0 Å². The Kier molecular flexibility index (Phi) is 5.45. The molecule has 0 aromatic heterocycles. The van der Waals surface area contributed by atoms with E-state index >= 15 is 0 Å². The van der Waals surface area contributed by atoms with Crippen molar-refractivity contribution in [2.75, 3.05) is 0 Å². The van der Waals surface area contributed by atoms with Gasteiger partial charge in [0, 0.05) is 6.04 Å². The molecule has 0 amide bonds. The zero-order valence-electron chi connectivity index (χ0n) is 14.2. The topological polar surface area (TPSA) is 38.0 Å². The van der Waals surface area contributed by atoms with Gasteiger partial charge >= 0.3 is 0 Å². The minimum absolute atomic E-state index is 0.408. The summed E-state index contributed by atoms with van der Waals surface area (Å²) in [6, 6.07) is 9.47. The Hall–Kier alpha value is -0.860. The van der Waals surface area contributed by atoms with Crippen LogP contribution in [0.1, 0.15) is 70.4 Å². The summed E-state index contributed by atoms with van der Waals surface area (Å²) in [4.78, 5) is 0. The fraction of sp³-hybridized carbons (Fsp3) is 0.684. The van der Waals surface area contributed by atoms with Crippen molar-refractivity contribution >= 4 is 0 Å². The van der Waals surface area contributed by atoms with Crippen LogP contribution in [-0.2, 0) is 6.42 Å². The van der Waals surface area contributed by atoms with Crippen LogP contribution in [0.3, 0.4) is 0 Å². The number of benzene rings is 1. The van der Waals surface area contributed by atoms with Crippen molar-refractivity contribution in [3.63, 3.8) is 0 Å². The lowest BCUT2D eigenvalue weighted by Gasteiger charge is -2.38. The molecule has 21 heavy (non-hydrogen) atoms. The molecular formula is C19H32N2. The number of rotatable bonds is 5. The molecule has 118 valence electrons. The highest BCUT2D eigenvalue weighted by Gasteiger charge is 2.30. The van der Waals surface area contributed by atoms with Gasteiger partial charge in [0.15, 0.2) is 0 Å². The van der Waals surface area contributed by atoms with Crippen LogP contribution in [0.15, 0.2) is 24.3 Å². The molecule has 2 nitrogen and oxygen atoms in total. The van der Waals surface area contributed by atoms with E-state index in [-0.39, 0.29) is 0 Å². The van der Waals surface area contributed by atoms with Gasteiger partial charge in [-0.1, -0.05) is 52.0 Å². The SMILES string of the molecule is CC(C)c1ccc(CC(NN)C2CCC(C)(C)CC2)cc1. The maximum absolute atomic E-state index is 5.85. The number of hydrazine groups is 1. The van der Waals surface area contributed by atoms with Gasteiger partial charge in [0.1, 0.15) is 0 Å². The van der Waals surface area contributed by atoms with E-state index in [9.17, 15) is 0 Å². The zero-order chi connectivity index (χ0) is 15.5. The standard InChI is InChI=1S/C19H32N2/c1-14(2)16-7-5-15(6-8-16)13-18(21-20)17-9-11-19(3,4)12-10-17/h5-8,14,17-18,21H,9-13,20H2,1-4H3. The summed E-state index contributed by atoms with van der Waals surface area (Å²) in [5.41, 5.74) is 6.42. The third-order valence-corrected chi connectivity index (χ3v) is 5.27. The van der Waals surface area contributed by atoms with E-state index in [0.29, 0.717) is 23.3 Å². The molecule has 0 heterocycles. The molecule has 2 heteroatoms. The highest BCUT2D eigenvalue weighted by Crippen LogP contribution is 2.39. The van der Waals surface area contributed by atoms with Gasteiger partial charge in [-0.25, -0.2) is 0 Å². The summed E-state index contributed by atoms with van der Waals surface area (Å²) in [6.07, 6.45) is 6.28. The maximum atomic E-state index is 5.85. The fourth-order valence-electron chi connectivity index (χ4n) is 3.48. The summed E-state index contributed by atoms with van der Waals surface area (Å²) >= 11 is 0. The number of nitrogens with one attached hydrogen (secondary N) is 1. The second-order valence-corrected chi connectivity index (χ2v) is 7.88. The average molecular weight is 288 g/mol. The van der Waals surface area contributed by atoms with Gasteiger partial charge in [0.25, 0.3) is 0 Å². The molecule has 0 saturated heterocycles. The van der Waals surface area contributed by atoms with Crippen LogP contribution in [0, 0.1) is 11.3 Å². The van der Waals surface area contributed by atoms with Crippen LogP contribution >= 0.6 is 0 Å². The first-order chi connectivity index (χ1) is 9.91. The van der Waals surface area contributed by atoms with Crippen molar-refractivity contribution in [1.29, 1.82) is 0 Å². The van der Waals surface area contributed by atoms with Crippen molar-refractivity contribution in [2.24, 2.45) is 17.2 Å². The third-order valence-electron chi connectivity index (χ3n) is 5.27. The summed E-state index contributed by atoms with van der Waals surface area (Å²) in [6.45, 7) is 9.25. The molecule has 1 aromatic rings. The van der Waals surface area contributed by atoms with Crippen molar-refractivity contribution < 1.29 is 0 Å². The molecule has 2 rings (SSSR count). The Morgan fingerprint density at radius 2 is 1.71 bits per heavy atom. The molecule has 1 unspecified atom stereocenters. The van der Waals surface area contributed by atoms with E-state index in [1.165, 1.54) is 36.8 Å². The molecule has 3 N–H and O–H groups in total. The molecule has 1 fully saturated rings. The van der Waals surface area contributed by atoms with Crippen molar-refractivity contribution in [3.8, 4) is 0 Å². The molecule has 0 spiro atoms. The van der Waals surface area contributed by atoms with E-state index in [1.807, 2.05) is 0 Å². The minimum atomic E-state index is 0.408. The Morgan fingerprint density at radius 3 is 2.19 bits per heavy atom. The number of nitrogens with two attached hydrogens (primary N) is 1. The third kappa shape index (κ3) is 4.55. The lowest BCUT2D eigenvalue weighted by atomic mass is 9.70. The highest BCUT2D eigenvalue weighted by molar-refractivity contribution is 5.25. The van der Waals surface area contributed by atoms with Gasteiger partial charge in [0.2, 0.25) is 0 Å². The van der Waals surface area contributed by atoms with E-state index in [1.54, 1.807) is 0 Å². The van der Waals surface area contributed by atoms with Gasteiger partial charge in [0.05, 0.1) is 0 Å². The predicted octanol–water partition coefficient (Wildman–Crippen LogP) is 4.40. The molecule has 0 aliphatic heterocycles. The molecule has 1 saturated carbocycles. The first-order valence-electron chi connectivity index (χ1n) is 8.46. The summed E-state index contributed by atoms with van der Waals surface area (Å²) in [7, 11) is 0. The molecule has 1 aliphatic rings. The van der Waals surface area contributed by atoms with Crippen LogP contribution in [0.2, 0.25) is 0 Å². The van der Waals surface area contributed by atoms with Crippen molar-refractivity contribution in [3.05, 3.63) is 35.4 Å². The molecule has 0 radical (unpaired) electrons. The zero-order valence-corrected chi connectivity index (χ0v) is 14.2. The summed E-state index contributed by atoms with van der Waals surface area (Å²) < 4.78 is 0. The van der Waals surface area contributed by atoms with Crippen LogP contribution in [0.5, 0.6) is 0 Å². The summed E-state index contributed by atoms with van der Waals surface area (Å²) in [5, 5.41) is 0. The Morgan fingerprint density at radius 1 is 1.14 bits per heavy atom. The first-order valence-corrected chi connectivity index (χ1v) is 8.46. The monoisotopic (exact) mass is 288 g/mol. The molecule has 1 aromatic carbocycles. The quantitative estimate of drug-likeness (QED) is 0.622. The average Bonchev–Trinajstić information content (AvgIpc) is 2.45. The largest absolute Gasteiger partial charge is 0.271 e. The second kappa shape index (κ2) is 6.93. The molecule has 1 aliphatic carbocycles. The molecule has 1 atom stereocenters. The smallest absolute Gasteiger partial charge is 0.0279 e. The molecular weight excluding hydrogens is 256 g/mol. The number of hydrogen-bond donors (Lipinski definition) is 2. The lowest BCUT2D eigenvalue weighted by molar-refractivity contribution is 0.161. The normalized spacial score (nSPS) is 20.7.